The Bertz CT molecular complexity index is 639. The van der Waals surface area contributed by atoms with E-state index in [1.165, 1.54) is 18.4 Å². The summed E-state index contributed by atoms with van der Waals surface area (Å²) in [6.45, 7) is 6.57. The number of fused-ring (bicyclic) bond motifs is 7. The fraction of sp³-hybridized carbons (Fsp3) is 0.857. The van der Waals surface area contributed by atoms with Crippen molar-refractivity contribution in [1.29, 1.82) is 0 Å². The molecular formula is C21H30O3. The average Bonchev–Trinajstić information content (AvgIpc) is 3.22. The summed E-state index contributed by atoms with van der Waals surface area (Å²) in [4.78, 5) is 12.2. The van der Waals surface area contributed by atoms with Crippen molar-refractivity contribution in [3.63, 3.8) is 0 Å². The zero-order chi connectivity index (χ0) is 16.9. The molecule has 5 aliphatic rings. The lowest BCUT2D eigenvalue weighted by Gasteiger charge is -2.57. The number of allylic oxidation sites excluding steroid dienone is 1. The lowest BCUT2D eigenvalue weighted by molar-refractivity contribution is -0.123. The Balaban J connectivity index is 1.50. The van der Waals surface area contributed by atoms with Gasteiger partial charge in [0.05, 0.1) is 6.10 Å². The van der Waals surface area contributed by atoms with Crippen molar-refractivity contribution < 1.29 is 14.6 Å². The van der Waals surface area contributed by atoms with Gasteiger partial charge in [-0.1, -0.05) is 25.5 Å². The van der Waals surface area contributed by atoms with Gasteiger partial charge in [0.1, 0.15) is 6.10 Å². The molecular weight excluding hydrogens is 300 g/mol. The van der Waals surface area contributed by atoms with Crippen molar-refractivity contribution in [3.8, 4) is 0 Å². The summed E-state index contributed by atoms with van der Waals surface area (Å²) in [7, 11) is 0. The number of hydrogen-bond donors (Lipinski definition) is 1. The molecule has 0 bridgehead atoms. The molecule has 3 saturated carbocycles. The summed E-state index contributed by atoms with van der Waals surface area (Å²) in [5.41, 5.74) is 1.57. The molecule has 1 N–H and O–H groups in total. The fourth-order valence-electron chi connectivity index (χ4n) is 7.44. The highest BCUT2D eigenvalue weighted by Crippen LogP contribution is 2.72. The molecule has 0 amide bonds. The third kappa shape index (κ3) is 1.69. The molecule has 0 spiro atoms. The number of hydrogen-bond acceptors (Lipinski definition) is 3. The molecule has 132 valence electrons. The second-order valence-corrected chi connectivity index (χ2v) is 9.85. The van der Waals surface area contributed by atoms with Crippen LogP contribution in [0.5, 0.6) is 0 Å². The number of carbonyl (C=O) groups excluding carboxylic acids is 1. The number of rotatable bonds is 1. The van der Waals surface area contributed by atoms with Crippen LogP contribution in [-0.4, -0.2) is 28.7 Å². The van der Waals surface area contributed by atoms with Crippen LogP contribution in [0.2, 0.25) is 0 Å². The van der Waals surface area contributed by atoms with E-state index in [1.54, 1.807) is 6.92 Å². The van der Waals surface area contributed by atoms with Crippen LogP contribution < -0.4 is 0 Å². The first kappa shape index (κ1) is 15.6. The van der Waals surface area contributed by atoms with Crippen LogP contribution in [0.15, 0.2) is 11.6 Å². The molecule has 1 heterocycles. The van der Waals surface area contributed by atoms with Crippen LogP contribution in [0, 0.1) is 28.6 Å². The first-order valence-electron chi connectivity index (χ1n) is 9.88. The number of aliphatic hydroxyl groups is 1. The van der Waals surface area contributed by atoms with Gasteiger partial charge in [-0.05, 0) is 75.0 Å². The smallest absolute Gasteiger partial charge is 0.164 e. The topological polar surface area (TPSA) is 49.8 Å². The molecule has 1 saturated heterocycles. The van der Waals surface area contributed by atoms with Crippen LogP contribution in [-0.2, 0) is 9.53 Å². The van der Waals surface area contributed by atoms with Crippen LogP contribution in [0.25, 0.3) is 0 Å². The third-order valence-corrected chi connectivity index (χ3v) is 8.93. The van der Waals surface area contributed by atoms with E-state index in [4.69, 9.17) is 4.74 Å². The molecule has 1 aliphatic heterocycles. The van der Waals surface area contributed by atoms with E-state index in [0.29, 0.717) is 11.8 Å². The number of Topliss-reactive ketones (excluding diaryl/α,β-unsaturated/α-hetero) is 1. The van der Waals surface area contributed by atoms with Gasteiger partial charge in [0.25, 0.3) is 0 Å². The summed E-state index contributed by atoms with van der Waals surface area (Å²) in [6.07, 6.45) is 10.0. The van der Waals surface area contributed by atoms with E-state index in [1.807, 2.05) is 0 Å². The highest BCUT2D eigenvalue weighted by atomic mass is 16.6. The van der Waals surface area contributed by atoms with Gasteiger partial charge in [-0.3, -0.25) is 4.79 Å². The molecule has 5 rings (SSSR count). The van der Waals surface area contributed by atoms with Gasteiger partial charge in [0.2, 0.25) is 0 Å². The minimum absolute atomic E-state index is 0.136. The Morgan fingerprint density at radius 2 is 2.04 bits per heavy atom. The zero-order valence-electron chi connectivity index (χ0n) is 15.2. The van der Waals surface area contributed by atoms with Crippen LogP contribution in [0.1, 0.15) is 65.7 Å². The van der Waals surface area contributed by atoms with Crippen molar-refractivity contribution in [3.05, 3.63) is 11.6 Å². The van der Waals surface area contributed by atoms with E-state index in [-0.39, 0.29) is 28.8 Å². The first-order chi connectivity index (χ1) is 11.3. The maximum absolute atomic E-state index is 12.2. The van der Waals surface area contributed by atoms with Crippen molar-refractivity contribution in [2.45, 2.75) is 83.5 Å². The molecule has 24 heavy (non-hydrogen) atoms. The van der Waals surface area contributed by atoms with Gasteiger partial charge in [-0.15, -0.1) is 0 Å². The SMILES string of the molecule is CC(=O)[C@]12C[C@@H]3[C@H]4CC=C5C[C@@H](O)CC[C@]5(C)[C@@H]4CC[C@]3(C)[C@@H]1O2. The summed E-state index contributed by atoms with van der Waals surface area (Å²) >= 11 is 0. The Labute approximate surface area is 144 Å². The minimum Gasteiger partial charge on any atom is -0.393 e. The van der Waals surface area contributed by atoms with Gasteiger partial charge < -0.3 is 9.84 Å². The maximum Gasteiger partial charge on any atom is 0.164 e. The minimum atomic E-state index is -0.429. The highest BCUT2D eigenvalue weighted by Gasteiger charge is 2.77. The predicted octanol–water partition coefficient (Wildman–Crippen LogP) is 3.65. The predicted molar refractivity (Wildman–Crippen MR) is 91.4 cm³/mol. The molecule has 4 fully saturated rings. The first-order valence-corrected chi connectivity index (χ1v) is 9.88. The molecule has 3 nitrogen and oxygen atoms in total. The molecule has 0 unspecified atom stereocenters. The van der Waals surface area contributed by atoms with Crippen molar-refractivity contribution >= 4 is 5.78 Å². The van der Waals surface area contributed by atoms with Crippen LogP contribution in [0.3, 0.4) is 0 Å². The Morgan fingerprint density at radius 3 is 2.79 bits per heavy atom. The van der Waals surface area contributed by atoms with Gasteiger partial charge in [0, 0.05) is 5.41 Å². The maximum atomic E-state index is 12.2. The largest absolute Gasteiger partial charge is 0.393 e. The molecule has 0 aromatic heterocycles. The summed E-state index contributed by atoms with van der Waals surface area (Å²) in [5, 5.41) is 10.1. The van der Waals surface area contributed by atoms with E-state index < -0.39 is 5.60 Å². The van der Waals surface area contributed by atoms with Gasteiger partial charge in [0.15, 0.2) is 11.4 Å². The lowest BCUT2D eigenvalue weighted by atomic mass is 9.48. The second kappa shape index (κ2) is 4.54. The molecule has 8 atom stereocenters. The molecule has 0 aromatic rings. The Kier molecular flexibility index (Phi) is 2.94. The summed E-state index contributed by atoms with van der Waals surface area (Å²) in [5.74, 6) is 2.30. The van der Waals surface area contributed by atoms with Crippen molar-refractivity contribution in [2.75, 3.05) is 0 Å². The normalized spacial score (nSPS) is 58.0. The van der Waals surface area contributed by atoms with Crippen LogP contribution in [0.4, 0.5) is 0 Å². The standard InChI is InChI=1S/C21H30O3/c1-12(22)21-11-17-15-5-4-13-10-14(23)6-8-19(13,2)16(15)7-9-20(17,3)18(21)24-21/h4,14-18,23H,5-11H2,1-3H3/t14-,15-,16+,17+,18-,19-,20-,21+/m0/s1. The molecule has 4 aliphatic carbocycles. The van der Waals surface area contributed by atoms with Crippen LogP contribution >= 0.6 is 0 Å². The van der Waals surface area contributed by atoms with Crippen molar-refractivity contribution in [1.82, 2.24) is 0 Å². The van der Waals surface area contributed by atoms with E-state index in [2.05, 4.69) is 19.9 Å². The van der Waals surface area contributed by atoms with Gasteiger partial charge >= 0.3 is 0 Å². The van der Waals surface area contributed by atoms with E-state index >= 15 is 0 Å². The monoisotopic (exact) mass is 330 g/mol. The summed E-state index contributed by atoms with van der Waals surface area (Å²) in [6, 6.07) is 0. The second-order valence-electron chi connectivity index (χ2n) is 9.85. The van der Waals surface area contributed by atoms with Gasteiger partial charge in [-0.25, -0.2) is 0 Å². The molecule has 0 radical (unpaired) electrons. The third-order valence-electron chi connectivity index (χ3n) is 8.93. The number of carbonyl (C=O) groups is 1. The Morgan fingerprint density at radius 1 is 1.25 bits per heavy atom. The Hall–Kier alpha value is -0.670. The van der Waals surface area contributed by atoms with Crippen molar-refractivity contribution in [2.24, 2.45) is 28.6 Å². The fourth-order valence-corrected chi connectivity index (χ4v) is 7.44. The van der Waals surface area contributed by atoms with Gasteiger partial charge in [-0.2, -0.15) is 0 Å². The number of ether oxygens (including phenoxy) is 1. The highest BCUT2D eigenvalue weighted by molar-refractivity contribution is 5.89. The molecule has 0 aromatic carbocycles. The van der Waals surface area contributed by atoms with E-state index in [9.17, 15) is 9.90 Å². The number of epoxide rings is 1. The zero-order valence-corrected chi connectivity index (χ0v) is 15.2. The quantitative estimate of drug-likeness (QED) is 0.590. The van der Waals surface area contributed by atoms with E-state index in [0.717, 1.165) is 38.0 Å². The lowest BCUT2D eigenvalue weighted by Crippen LogP contribution is -2.50. The molecule has 3 heteroatoms. The number of ketones is 1. The average molecular weight is 330 g/mol. The number of aliphatic hydroxyl groups excluding tert-OH is 1. The summed E-state index contributed by atoms with van der Waals surface area (Å²) < 4.78 is 6.00.